The number of likely N-dealkylation sites (N-methyl/N-ethyl adjacent to an activating group) is 1. The van der Waals surface area contributed by atoms with Crippen LogP contribution in [0.4, 0.5) is 0 Å². The van der Waals surface area contributed by atoms with Gasteiger partial charge in [-0.05, 0) is 109 Å². The molecule has 1 N–H and O–H groups in total. The van der Waals surface area contributed by atoms with Crippen molar-refractivity contribution in [3.05, 3.63) is 122 Å². The van der Waals surface area contributed by atoms with Crippen molar-refractivity contribution >= 4 is 19.7 Å². The molecule has 0 saturated heterocycles. The van der Waals surface area contributed by atoms with Gasteiger partial charge >= 0.3 is 5.97 Å². The molecule has 0 saturated carbocycles. The summed E-state index contributed by atoms with van der Waals surface area (Å²) in [6.45, 7) is 6.62. The van der Waals surface area contributed by atoms with Crippen molar-refractivity contribution in [1.82, 2.24) is 5.32 Å². The van der Waals surface area contributed by atoms with E-state index < -0.39 is 26.6 Å². The van der Waals surface area contributed by atoms with Gasteiger partial charge in [0.15, 0.2) is 0 Å². The van der Waals surface area contributed by atoms with Crippen molar-refractivity contribution in [3.63, 3.8) is 0 Å². The molecule has 0 aliphatic carbocycles. The normalized spacial score (nSPS) is 14.5. The Kier molecular flexibility index (Phi) is 54.1. The van der Waals surface area contributed by atoms with Crippen LogP contribution in [0, 0.1) is 0 Å². The number of esters is 1. The van der Waals surface area contributed by atoms with Crippen molar-refractivity contribution in [2.24, 2.45) is 0 Å². The lowest BCUT2D eigenvalue weighted by Crippen LogP contribution is -2.47. The van der Waals surface area contributed by atoms with E-state index in [1.54, 1.807) is 0 Å². The Hall–Kier alpha value is -3.59. The third-order valence-electron chi connectivity index (χ3n) is 13.1. The fraction of sp³-hybridized carbons (Fsp3) is 0.676. The number of hydrogen-bond acceptors (Lipinski definition) is 7. The number of nitrogens with one attached hydrogen (secondary N) is 1. The van der Waals surface area contributed by atoms with Crippen LogP contribution in [0.3, 0.4) is 0 Å². The minimum atomic E-state index is -4.73. The van der Waals surface area contributed by atoms with E-state index in [0.29, 0.717) is 23.9 Å². The molecule has 3 atom stereocenters. The minimum absolute atomic E-state index is 0.0434. The highest BCUT2D eigenvalue weighted by Crippen LogP contribution is 2.38. The number of quaternary nitrogens is 1. The van der Waals surface area contributed by atoms with Gasteiger partial charge in [0.2, 0.25) is 5.91 Å². The van der Waals surface area contributed by atoms with E-state index in [1.165, 1.54) is 103 Å². The van der Waals surface area contributed by atoms with Gasteiger partial charge in [0.1, 0.15) is 19.3 Å². The first kappa shape index (κ1) is 74.4. The second-order valence-electron chi connectivity index (χ2n) is 21.8. The summed E-state index contributed by atoms with van der Waals surface area (Å²) in [6.07, 6.45) is 79.0. The van der Waals surface area contributed by atoms with Crippen LogP contribution in [-0.4, -0.2) is 69.4 Å². The number of hydrogen-bond donors (Lipinski definition) is 1. The summed E-state index contributed by atoms with van der Waals surface area (Å²) in [5, 5.41) is 2.97. The highest BCUT2D eigenvalue weighted by molar-refractivity contribution is 7.45. The average Bonchev–Trinajstić information content (AvgIpc) is 3.40. The first-order valence-electron chi connectivity index (χ1n) is 31.3. The summed E-state index contributed by atoms with van der Waals surface area (Å²) in [7, 11) is 1.12. The number of nitrogens with zero attached hydrogens (tertiary/aromatic N) is 1. The van der Waals surface area contributed by atoms with Gasteiger partial charge in [-0.1, -0.05) is 245 Å². The Morgan fingerprint density at radius 3 is 1.28 bits per heavy atom. The van der Waals surface area contributed by atoms with Crippen molar-refractivity contribution in [2.45, 2.75) is 258 Å². The number of rotatable bonds is 55. The maximum absolute atomic E-state index is 13.5. The van der Waals surface area contributed by atoms with E-state index in [2.05, 4.69) is 123 Å². The second kappa shape index (κ2) is 56.7. The lowest BCUT2D eigenvalue weighted by atomic mass is 10.0. The zero-order chi connectivity index (χ0) is 57.2. The molecule has 1 amide bonds. The summed E-state index contributed by atoms with van der Waals surface area (Å²) < 4.78 is 30.3. The highest BCUT2D eigenvalue weighted by Gasteiger charge is 2.27. The van der Waals surface area contributed by atoms with E-state index in [9.17, 15) is 19.0 Å². The Balaban J connectivity index is 5.37. The predicted molar refractivity (Wildman–Crippen MR) is 334 cm³/mol. The summed E-state index contributed by atoms with van der Waals surface area (Å²) in [5.74, 6) is -0.654. The van der Waals surface area contributed by atoms with Crippen LogP contribution >= 0.6 is 7.82 Å². The Bertz CT molecular complexity index is 1750. The van der Waals surface area contributed by atoms with Crippen molar-refractivity contribution in [2.75, 3.05) is 40.9 Å². The van der Waals surface area contributed by atoms with Gasteiger partial charge in [-0.25, -0.2) is 0 Å². The van der Waals surface area contributed by atoms with Crippen molar-refractivity contribution < 1.29 is 37.3 Å². The monoisotopic (exact) mass is 1100 g/mol. The van der Waals surface area contributed by atoms with E-state index >= 15 is 0 Å². The number of amides is 1. The largest absolute Gasteiger partial charge is 0.756 e. The molecule has 0 bridgehead atoms. The van der Waals surface area contributed by atoms with E-state index in [-0.39, 0.29) is 31.3 Å². The summed E-state index contributed by atoms with van der Waals surface area (Å²) >= 11 is 0. The van der Waals surface area contributed by atoms with Gasteiger partial charge in [-0.3, -0.25) is 14.2 Å². The predicted octanol–water partition coefficient (Wildman–Crippen LogP) is 18.9. The average molecular weight is 1110 g/mol. The molecule has 10 heteroatoms. The molecule has 0 radical (unpaired) electrons. The molecule has 0 aromatic carbocycles. The smallest absolute Gasteiger partial charge is 0.306 e. The quantitative estimate of drug-likeness (QED) is 0.0212. The van der Waals surface area contributed by atoms with Crippen LogP contribution in [-0.2, 0) is 27.9 Å². The van der Waals surface area contributed by atoms with E-state index in [1.807, 2.05) is 45.4 Å². The number of carbonyl (C=O) groups excluding carboxylic acids is 2. The highest BCUT2D eigenvalue weighted by atomic mass is 31.2. The fourth-order valence-corrected chi connectivity index (χ4v) is 9.04. The molecule has 0 aromatic heterocycles. The van der Waals surface area contributed by atoms with Crippen molar-refractivity contribution in [3.8, 4) is 0 Å². The zero-order valence-electron chi connectivity index (χ0n) is 50.8. The fourth-order valence-electron chi connectivity index (χ4n) is 8.32. The molecule has 0 fully saturated rings. The second-order valence-corrected chi connectivity index (χ2v) is 23.2. The summed E-state index contributed by atoms with van der Waals surface area (Å²) in [4.78, 5) is 40.0. The number of unbranched alkanes of at least 4 members (excludes halogenated alkanes) is 21. The molecule has 0 spiro atoms. The molecule has 0 aliphatic heterocycles. The van der Waals surface area contributed by atoms with Crippen LogP contribution < -0.4 is 10.2 Å². The number of carbonyl (C=O) groups is 2. The first-order valence-corrected chi connectivity index (χ1v) is 32.8. The SMILES string of the molecule is CC/C=C\C/C=C\C/C=C\C/C=C\C/C=C\C/C=C\CCC(=O)NC(COP(=O)([O-])OCC[N+](C)(C)C)C(/C=C/CCCCCCCCCCCC)OC(=O)CCCCCCCCCC/C=C\C/C=C\C/C=C\CCCCC. The zero-order valence-corrected chi connectivity index (χ0v) is 51.7. The van der Waals surface area contributed by atoms with Gasteiger partial charge in [0.25, 0.3) is 7.82 Å². The molecule has 0 aromatic rings. The third-order valence-corrected chi connectivity index (χ3v) is 14.1. The van der Waals surface area contributed by atoms with Crippen LogP contribution in [0.25, 0.3) is 0 Å². The maximum Gasteiger partial charge on any atom is 0.306 e. The molecular weight excluding hydrogens is 988 g/mol. The van der Waals surface area contributed by atoms with E-state index in [0.717, 1.165) is 96.3 Å². The Labute approximate surface area is 480 Å². The number of phosphoric acid groups is 1. The first-order chi connectivity index (χ1) is 37.9. The number of phosphoric ester groups is 1. The van der Waals surface area contributed by atoms with Crippen molar-refractivity contribution in [1.29, 1.82) is 0 Å². The van der Waals surface area contributed by atoms with Gasteiger partial charge in [0, 0.05) is 12.8 Å². The molecule has 9 nitrogen and oxygen atoms in total. The lowest BCUT2D eigenvalue weighted by molar-refractivity contribution is -0.870. The van der Waals surface area contributed by atoms with E-state index in [4.69, 9.17) is 13.8 Å². The molecule has 0 heterocycles. The molecular formula is C68H117N2O7P. The Morgan fingerprint density at radius 1 is 0.462 bits per heavy atom. The van der Waals surface area contributed by atoms with Gasteiger partial charge < -0.3 is 28.5 Å². The molecule has 446 valence electrons. The van der Waals surface area contributed by atoms with Crippen LogP contribution in [0.5, 0.6) is 0 Å². The maximum atomic E-state index is 13.5. The van der Waals surface area contributed by atoms with Crippen LogP contribution in [0.15, 0.2) is 122 Å². The number of ether oxygens (including phenoxy) is 1. The Morgan fingerprint density at radius 2 is 0.833 bits per heavy atom. The van der Waals surface area contributed by atoms with Gasteiger partial charge in [0.05, 0.1) is 33.8 Å². The topological polar surface area (TPSA) is 114 Å². The molecule has 0 rings (SSSR count). The van der Waals surface area contributed by atoms with Crippen LogP contribution in [0.2, 0.25) is 0 Å². The van der Waals surface area contributed by atoms with Gasteiger partial charge in [-0.2, -0.15) is 0 Å². The van der Waals surface area contributed by atoms with Crippen LogP contribution in [0.1, 0.15) is 245 Å². The summed E-state index contributed by atoms with van der Waals surface area (Å²) in [5.41, 5.74) is 0. The molecule has 0 aliphatic rings. The number of allylic oxidation sites excluding steroid dienone is 19. The standard InChI is InChI=1S/C68H117N2O7P/c1-7-10-13-16-19-22-25-28-30-32-34-35-37-39-41-43-46-49-52-55-58-61-68(72)77-66(59-56-53-50-47-44-27-24-21-18-15-12-9-3)65(64-76-78(73,74)75-63-62-70(4,5)6)69-67(71)60-57-54-51-48-45-42-40-38-36-33-31-29-26-23-20-17-14-11-8-2/h11,14,19-20,22-23,28-31,34-36,38,42,45,51,54,56,59,65-66H,7-10,12-13,15-18,21,24-27,32-33,37,39-41,43-44,46-50,52-53,55,57-58,60-64H2,1-6H3,(H-,69,71,73,74)/b14-11-,22-19-,23-20-,30-28-,31-29-,35-34-,38-36-,45-42-,54-51-,59-56+. The lowest BCUT2D eigenvalue weighted by Gasteiger charge is -2.30. The summed E-state index contributed by atoms with van der Waals surface area (Å²) in [6, 6.07) is -0.940. The molecule has 78 heavy (non-hydrogen) atoms. The van der Waals surface area contributed by atoms with Gasteiger partial charge in [-0.15, -0.1) is 0 Å². The molecule has 3 unspecified atom stereocenters. The minimum Gasteiger partial charge on any atom is -0.756 e. The third kappa shape index (κ3) is 57.1.